The first-order valence-corrected chi connectivity index (χ1v) is 7.60. The normalized spacial score (nSPS) is 15.6. The third-order valence-electron chi connectivity index (χ3n) is 3.85. The second-order valence-electron chi connectivity index (χ2n) is 6.33. The summed E-state index contributed by atoms with van der Waals surface area (Å²) in [6.45, 7) is 6.87. The molecule has 0 radical (unpaired) electrons. The molecule has 2 aromatic rings. The number of H-pyrrole nitrogens is 1. The fraction of sp³-hybridized carbons (Fsp3) is 0.562. The van der Waals surface area contributed by atoms with Gasteiger partial charge < -0.3 is 10.7 Å². The lowest BCUT2D eigenvalue weighted by Crippen LogP contribution is -2.32. The van der Waals surface area contributed by atoms with Crippen LogP contribution in [-0.4, -0.2) is 34.0 Å². The molecule has 108 valence electrons. The molecule has 4 heteroatoms. The third-order valence-corrected chi connectivity index (χ3v) is 3.85. The maximum absolute atomic E-state index is 5.80. The van der Waals surface area contributed by atoms with Gasteiger partial charge in [-0.3, -0.25) is 4.90 Å². The van der Waals surface area contributed by atoms with E-state index in [0.29, 0.717) is 0 Å². The van der Waals surface area contributed by atoms with Gasteiger partial charge in [-0.25, -0.2) is 4.98 Å². The number of nitrogens with one attached hydrogen (secondary N) is 1. The topological polar surface area (TPSA) is 57.9 Å². The molecule has 1 fully saturated rings. The van der Waals surface area contributed by atoms with Crippen molar-refractivity contribution >= 4 is 16.7 Å². The summed E-state index contributed by atoms with van der Waals surface area (Å²) in [4.78, 5) is 10.7. The Hall–Kier alpha value is -1.55. The Morgan fingerprint density at radius 2 is 2.20 bits per heavy atom. The summed E-state index contributed by atoms with van der Waals surface area (Å²) in [6.07, 6.45) is 3.71. The SMILES string of the molecule is CC(C)CN(CCc1nc2ccc(N)cc2[nH]1)C1CC1. The third kappa shape index (κ3) is 3.12. The molecule has 1 saturated carbocycles. The molecule has 1 aliphatic rings. The molecule has 0 atom stereocenters. The van der Waals surface area contributed by atoms with Gasteiger partial charge in [-0.15, -0.1) is 0 Å². The molecule has 0 bridgehead atoms. The van der Waals surface area contributed by atoms with Gasteiger partial charge >= 0.3 is 0 Å². The number of anilines is 1. The molecule has 1 aliphatic carbocycles. The van der Waals surface area contributed by atoms with Crippen molar-refractivity contribution in [3.05, 3.63) is 24.0 Å². The van der Waals surface area contributed by atoms with Crippen LogP contribution in [0.2, 0.25) is 0 Å². The minimum absolute atomic E-state index is 0.728. The van der Waals surface area contributed by atoms with E-state index in [1.807, 2.05) is 18.2 Å². The summed E-state index contributed by atoms with van der Waals surface area (Å²) in [6, 6.07) is 6.66. The van der Waals surface area contributed by atoms with E-state index in [2.05, 4.69) is 28.7 Å². The van der Waals surface area contributed by atoms with Crippen LogP contribution in [0.5, 0.6) is 0 Å². The van der Waals surface area contributed by atoms with E-state index in [0.717, 1.165) is 47.5 Å². The van der Waals surface area contributed by atoms with Gasteiger partial charge in [-0.1, -0.05) is 13.8 Å². The van der Waals surface area contributed by atoms with E-state index in [9.17, 15) is 0 Å². The van der Waals surface area contributed by atoms with Crippen LogP contribution >= 0.6 is 0 Å². The minimum Gasteiger partial charge on any atom is -0.399 e. The summed E-state index contributed by atoms with van der Waals surface area (Å²) in [5, 5.41) is 0. The van der Waals surface area contributed by atoms with Crippen LogP contribution < -0.4 is 5.73 Å². The van der Waals surface area contributed by atoms with Crippen molar-refractivity contribution < 1.29 is 0 Å². The molecule has 0 amide bonds. The predicted molar refractivity (Wildman–Crippen MR) is 83.6 cm³/mol. The van der Waals surface area contributed by atoms with Crippen molar-refractivity contribution in [3.63, 3.8) is 0 Å². The number of imidazole rings is 1. The average molecular weight is 272 g/mol. The monoisotopic (exact) mass is 272 g/mol. The maximum Gasteiger partial charge on any atom is 0.108 e. The Morgan fingerprint density at radius 3 is 2.90 bits per heavy atom. The Morgan fingerprint density at radius 1 is 1.40 bits per heavy atom. The van der Waals surface area contributed by atoms with Crippen LogP contribution in [0.25, 0.3) is 11.0 Å². The van der Waals surface area contributed by atoms with E-state index in [-0.39, 0.29) is 0 Å². The zero-order chi connectivity index (χ0) is 14.1. The number of rotatable bonds is 6. The van der Waals surface area contributed by atoms with E-state index in [4.69, 9.17) is 5.73 Å². The first-order chi connectivity index (χ1) is 9.61. The Balaban J connectivity index is 1.66. The van der Waals surface area contributed by atoms with E-state index in [1.54, 1.807) is 0 Å². The molecule has 0 spiro atoms. The highest BCUT2D eigenvalue weighted by Gasteiger charge is 2.28. The molecule has 0 aliphatic heterocycles. The van der Waals surface area contributed by atoms with Crippen molar-refractivity contribution in [1.29, 1.82) is 0 Å². The predicted octanol–water partition coefficient (Wildman–Crippen LogP) is 2.81. The fourth-order valence-corrected chi connectivity index (χ4v) is 2.78. The van der Waals surface area contributed by atoms with E-state index in [1.165, 1.54) is 19.4 Å². The van der Waals surface area contributed by atoms with Crippen molar-refractivity contribution in [2.45, 2.75) is 39.2 Å². The van der Waals surface area contributed by atoms with E-state index >= 15 is 0 Å². The van der Waals surface area contributed by atoms with Gasteiger partial charge in [-0.2, -0.15) is 0 Å². The zero-order valence-electron chi connectivity index (χ0n) is 12.4. The van der Waals surface area contributed by atoms with Crippen molar-refractivity contribution in [1.82, 2.24) is 14.9 Å². The van der Waals surface area contributed by atoms with Crippen LogP contribution in [0.1, 0.15) is 32.5 Å². The van der Waals surface area contributed by atoms with Crippen LogP contribution in [0, 0.1) is 5.92 Å². The molecular weight excluding hydrogens is 248 g/mol. The molecule has 4 nitrogen and oxygen atoms in total. The highest BCUT2D eigenvalue weighted by molar-refractivity contribution is 5.78. The fourth-order valence-electron chi connectivity index (χ4n) is 2.78. The second-order valence-corrected chi connectivity index (χ2v) is 6.33. The van der Waals surface area contributed by atoms with Crippen LogP contribution in [0.4, 0.5) is 5.69 Å². The standard InChI is InChI=1S/C16H24N4/c1-11(2)10-20(13-4-5-13)8-7-16-18-14-6-3-12(17)9-15(14)19-16/h3,6,9,11,13H,4-5,7-8,10,17H2,1-2H3,(H,18,19). The number of nitrogens with two attached hydrogens (primary N) is 1. The lowest BCUT2D eigenvalue weighted by atomic mass is 10.2. The molecule has 3 N–H and O–H groups in total. The average Bonchev–Trinajstić information content (AvgIpc) is 3.15. The van der Waals surface area contributed by atoms with Crippen molar-refractivity contribution in [3.8, 4) is 0 Å². The molecule has 0 saturated heterocycles. The number of benzene rings is 1. The van der Waals surface area contributed by atoms with Crippen molar-refractivity contribution in [2.24, 2.45) is 5.92 Å². The molecule has 3 rings (SSSR count). The molecule has 1 heterocycles. The van der Waals surface area contributed by atoms with Crippen LogP contribution in [0.15, 0.2) is 18.2 Å². The largest absolute Gasteiger partial charge is 0.399 e. The lowest BCUT2D eigenvalue weighted by Gasteiger charge is -2.23. The first-order valence-electron chi connectivity index (χ1n) is 7.60. The maximum atomic E-state index is 5.80. The van der Waals surface area contributed by atoms with Gasteiger partial charge in [0.15, 0.2) is 0 Å². The number of hydrogen-bond acceptors (Lipinski definition) is 3. The molecular formula is C16H24N4. The van der Waals surface area contributed by atoms with Crippen LogP contribution in [0.3, 0.4) is 0 Å². The summed E-state index contributed by atoms with van der Waals surface area (Å²) in [5.74, 6) is 1.80. The zero-order valence-corrected chi connectivity index (χ0v) is 12.4. The number of fused-ring (bicyclic) bond motifs is 1. The summed E-state index contributed by atoms with van der Waals surface area (Å²) in [7, 11) is 0. The second kappa shape index (κ2) is 5.44. The van der Waals surface area contributed by atoms with Gasteiger partial charge in [0.2, 0.25) is 0 Å². The number of nitrogens with zero attached hydrogens (tertiary/aromatic N) is 2. The highest BCUT2D eigenvalue weighted by atomic mass is 15.2. The van der Waals surface area contributed by atoms with Gasteiger partial charge in [-0.05, 0) is 37.0 Å². The minimum atomic E-state index is 0.728. The lowest BCUT2D eigenvalue weighted by molar-refractivity contribution is 0.236. The van der Waals surface area contributed by atoms with Gasteiger partial charge in [0.05, 0.1) is 11.0 Å². The summed E-state index contributed by atoms with van der Waals surface area (Å²) < 4.78 is 0. The Kier molecular flexibility index (Phi) is 3.66. The molecule has 0 unspecified atom stereocenters. The summed E-state index contributed by atoms with van der Waals surface area (Å²) in [5.41, 5.74) is 8.64. The highest BCUT2D eigenvalue weighted by Crippen LogP contribution is 2.27. The molecule has 1 aromatic heterocycles. The van der Waals surface area contributed by atoms with Gasteiger partial charge in [0.25, 0.3) is 0 Å². The smallest absolute Gasteiger partial charge is 0.108 e. The van der Waals surface area contributed by atoms with Crippen LogP contribution in [-0.2, 0) is 6.42 Å². The number of aromatic nitrogens is 2. The molecule has 20 heavy (non-hydrogen) atoms. The van der Waals surface area contributed by atoms with Gasteiger partial charge in [0.1, 0.15) is 5.82 Å². The van der Waals surface area contributed by atoms with Gasteiger partial charge in [0, 0.05) is 31.2 Å². The number of nitrogen functional groups attached to an aromatic ring is 1. The summed E-state index contributed by atoms with van der Waals surface area (Å²) >= 11 is 0. The number of hydrogen-bond donors (Lipinski definition) is 2. The Bertz CT molecular complexity index is 583. The quantitative estimate of drug-likeness (QED) is 0.795. The Labute approximate surface area is 120 Å². The number of aromatic amines is 1. The van der Waals surface area contributed by atoms with E-state index < -0.39 is 0 Å². The van der Waals surface area contributed by atoms with Crippen molar-refractivity contribution in [2.75, 3.05) is 18.8 Å². The molecule has 1 aromatic carbocycles. The first kappa shape index (κ1) is 13.4.